The second-order valence-corrected chi connectivity index (χ2v) is 6.30. The van der Waals surface area contributed by atoms with Gasteiger partial charge in [0, 0.05) is 13.1 Å². The van der Waals surface area contributed by atoms with E-state index in [1.54, 1.807) is 13.8 Å². The molecule has 0 aromatic carbocycles. The highest BCUT2D eigenvalue weighted by molar-refractivity contribution is 7.89. The minimum absolute atomic E-state index is 0.173. The molecule has 1 atom stereocenters. The van der Waals surface area contributed by atoms with Crippen molar-refractivity contribution < 1.29 is 13.5 Å². The molecular weight excluding hydrogens is 242 g/mol. The lowest BCUT2D eigenvalue weighted by Gasteiger charge is -2.29. The van der Waals surface area contributed by atoms with Crippen molar-refractivity contribution in [2.45, 2.75) is 37.7 Å². The van der Waals surface area contributed by atoms with E-state index >= 15 is 0 Å². The van der Waals surface area contributed by atoms with Gasteiger partial charge in [-0.2, -0.15) is 9.40 Å². The lowest BCUT2D eigenvalue weighted by Crippen LogP contribution is -2.42. The standard InChI is InChI=1S/C10H17N3O3S/c1-7-10(8(2)12-11-7)17(15,16)13-5-3-4-9(14)6-13/h9,14H,3-6H2,1-2H3,(H,11,12)/t9-/m0/s1. The molecule has 1 aliphatic rings. The zero-order valence-electron chi connectivity index (χ0n) is 9.97. The number of hydrogen-bond donors (Lipinski definition) is 2. The van der Waals surface area contributed by atoms with E-state index in [9.17, 15) is 13.5 Å². The van der Waals surface area contributed by atoms with Gasteiger partial charge in [-0.1, -0.05) is 0 Å². The number of aryl methyl sites for hydroxylation is 2. The van der Waals surface area contributed by atoms with E-state index in [-0.39, 0.29) is 11.4 Å². The first kappa shape index (κ1) is 12.5. The number of aliphatic hydroxyl groups excluding tert-OH is 1. The zero-order valence-corrected chi connectivity index (χ0v) is 10.8. The Kier molecular flexibility index (Phi) is 3.24. The average molecular weight is 259 g/mol. The molecule has 1 aromatic rings. The van der Waals surface area contributed by atoms with Gasteiger partial charge < -0.3 is 5.11 Å². The molecule has 1 aliphatic heterocycles. The largest absolute Gasteiger partial charge is 0.392 e. The summed E-state index contributed by atoms with van der Waals surface area (Å²) in [5, 5.41) is 16.1. The molecule has 0 bridgehead atoms. The van der Waals surface area contributed by atoms with Gasteiger partial charge in [-0.15, -0.1) is 0 Å². The van der Waals surface area contributed by atoms with Crippen LogP contribution in [0.25, 0.3) is 0 Å². The van der Waals surface area contributed by atoms with Crippen LogP contribution in [-0.2, 0) is 10.0 Å². The van der Waals surface area contributed by atoms with Gasteiger partial charge >= 0.3 is 0 Å². The lowest BCUT2D eigenvalue weighted by molar-refractivity contribution is 0.108. The summed E-state index contributed by atoms with van der Waals surface area (Å²) in [6.07, 6.45) is 0.789. The predicted octanol–water partition coefficient (Wildman–Crippen LogP) is 0.172. The number of nitrogens with zero attached hydrogens (tertiary/aromatic N) is 2. The van der Waals surface area contributed by atoms with E-state index in [4.69, 9.17) is 0 Å². The maximum Gasteiger partial charge on any atom is 0.246 e. The van der Waals surface area contributed by atoms with E-state index in [0.29, 0.717) is 30.8 Å². The van der Waals surface area contributed by atoms with E-state index in [0.717, 1.165) is 0 Å². The first-order valence-corrected chi connectivity index (χ1v) is 7.06. The fourth-order valence-corrected chi connectivity index (χ4v) is 4.04. The molecule has 0 saturated carbocycles. The molecule has 96 valence electrons. The van der Waals surface area contributed by atoms with Crippen molar-refractivity contribution in [1.82, 2.24) is 14.5 Å². The summed E-state index contributed by atoms with van der Waals surface area (Å²) in [4.78, 5) is 0.242. The van der Waals surface area contributed by atoms with Gasteiger partial charge in [-0.25, -0.2) is 8.42 Å². The number of aromatic amines is 1. The van der Waals surface area contributed by atoms with Crippen molar-refractivity contribution in [2.75, 3.05) is 13.1 Å². The number of nitrogens with one attached hydrogen (secondary N) is 1. The number of hydrogen-bond acceptors (Lipinski definition) is 4. The number of aliphatic hydroxyl groups is 1. The maximum absolute atomic E-state index is 12.4. The summed E-state index contributed by atoms with van der Waals surface area (Å²) < 4.78 is 26.1. The molecule has 0 spiro atoms. The number of aromatic nitrogens is 2. The molecule has 2 N–H and O–H groups in total. The van der Waals surface area contributed by atoms with Gasteiger partial charge in [0.15, 0.2) is 0 Å². The molecule has 0 amide bonds. The number of piperidine rings is 1. The minimum Gasteiger partial charge on any atom is -0.392 e. The molecule has 2 heterocycles. The van der Waals surface area contributed by atoms with Crippen molar-refractivity contribution in [2.24, 2.45) is 0 Å². The van der Waals surface area contributed by atoms with Gasteiger partial charge in [-0.05, 0) is 26.7 Å². The molecule has 0 aliphatic carbocycles. The Labute approximate surface area is 101 Å². The molecule has 0 radical (unpaired) electrons. The highest BCUT2D eigenvalue weighted by atomic mass is 32.2. The average Bonchev–Trinajstić information content (AvgIpc) is 2.59. The molecule has 1 fully saturated rings. The Morgan fingerprint density at radius 3 is 2.71 bits per heavy atom. The van der Waals surface area contributed by atoms with Crippen molar-refractivity contribution in [3.63, 3.8) is 0 Å². The monoisotopic (exact) mass is 259 g/mol. The predicted molar refractivity (Wildman–Crippen MR) is 62.1 cm³/mol. The Hall–Kier alpha value is -0.920. The quantitative estimate of drug-likeness (QED) is 0.793. The van der Waals surface area contributed by atoms with Crippen LogP contribution in [0.5, 0.6) is 0 Å². The van der Waals surface area contributed by atoms with Crippen LogP contribution in [0.1, 0.15) is 24.2 Å². The number of sulfonamides is 1. The van der Waals surface area contributed by atoms with Crippen molar-refractivity contribution >= 4 is 10.0 Å². The summed E-state index contributed by atoms with van der Waals surface area (Å²) in [6.45, 7) is 3.99. The fourth-order valence-electron chi connectivity index (χ4n) is 2.19. The van der Waals surface area contributed by atoms with Crippen molar-refractivity contribution in [3.8, 4) is 0 Å². The number of H-pyrrole nitrogens is 1. The fraction of sp³-hybridized carbons (Fsp3) is 0.700. The van der Waals surface area contributed by atoms with E-state index in [1.165, 1.54) is 4.31 Å². The molecule has 6 nitrogen and oxygen atoms in total. The topological polar surface area (TPSA) is 86.3 Å². The van der Waals surface area contributed by atoms with Gasteiger partial charge in [0.1, 0.15) is 4.90 Å². The maximum atomic E-state index is 12.4. The molecule has 17 heavy (non-hydrogen) atoms. The molecule has 2 rings (SSSR count). The third kappa shape index (κ3) is 2.22. The Balaban J connectivity index is 2.36. The van der Waals surface area contributed by atoms with Crippen LogP contribution in [-0.4, -0.2) is 47.2 Å². The van der Waals surface area contributed by atoms with Crippen LogP contribution in [0.3, 0.4) is 0 Å². The molecule has 7 heteroatoms. The van der Waals surface area contributed by atoms with Gasteiger partial charge in [-0.3, -0.25) is 5.10 Å². The summed E-state index contributed by atoms with van der Waals surface area (Å²) in [6, 6.07) is 0. The third-order valence-corrected chi connectivity index (χ3v) is 5.15. The van der Waals surface area contributed by atoms with E-state index < -0.39 is 16.1 Å². The first-order chi connectivity index (χ1) is 7.93. The van der Waals surface area contributed by atoms with Crippen LogP contribution < -0.4 is 0 Å². The van der Waals surface area contributed by atoms with Crippen molar-refractivity contribution in [1.29, 1.82) is 0 Å². The normalized spacial score (nSPS) is 22.9. The van der Waals surface area contributed by atoms with Gasteiger partial charge in [0.2, 0.25) is 10.0 Å². The van der Waals surface area contributed by atoms with Crippen LogP contribution in [0.15, 0.2) is 4.90 Å². The minimum atomic E-state index is -3.53. The van der Waals surface area contributed by atoms with E-state index in [1.807, 2.05) is 0 Å². The van der Waals surface area contributed by atoms with Crippen LogP contribution in [0, 0.1) is 13.8 Å². The second kappa shape index (κ2) is 4.40. The van der Waals surface area contributed by atoms with Crippen LogP contribution in [0.2, 0.25) is 0 Å². The van der Waals surface area contributed by atoms with Crippen LogP contribution >= 0.6 is 0 Å². The summed E-state index contributed by atoms with van der Waals surface area (Å²) in [5.74, 6) is 0. The molecular formula is C10H17N3O3S. The number of rotatable bonds is 2. The van der Waals surface area contributed by atoms with Gasteiger partial charge in [0.05, 0.1) is 17.5 Å². The summed E-state index contributed by atoms with van der Waals surface area (Å²) in [5.41, 5.74) is 1.02. The highest BCUT2D eigenvalue weighted by Crippen LogP contribution is 2.24. The van der Waals surface area contributed by atoms with Crippen LogP contribution in [0.4, 0.5) is 0 Å². The number of β-amino-alcohol motifs (C(OH)–C–C–N with tert-alkyl or cyclic N) is 1. The van der Waals surface area contributed by atoms with E-state index in [2.05, 4.69) is 10.2 Å². The smallest absolute Gasteiger partial charge is 0.246 e. The highest BCUT2D eigenvalue weighted by Gasteiger charge is 2.32. The lowest BCUT2D eigenvalue weighted by atomic mass is 10.1. The molecule has 0 unspecified atom stereocenters. The Morgan fingerprint density at radius 2 is 2.18 bits per heavy atom. The molecule has 1 aromatic heterocycles. The SMILES string of the molecule is Cc1n[nH]c(C)c1S(=O)(=O)N1CCC[C@H](O)C1. The third-order valence-electron chi connectivity index (χ3n) is 3.02. The summed E-state index contributed by atoms with van der Waals surface area (Å²) >= 11 is 0. The second-order valence-electron chi connectivity index (χ2n) is 4.42. The van der Waals surface area contributed by atoms with Gasteiger partial charge in [0.25, 0.3) is 0 Å². The first-order valence-electron chi connectivity index (χ1n) is 5.62. The Bertz CT molecular complexity index is 489. The Morgan fingerprint density at radius 1 is 1.47 bits per heavy atom. The van der Waals surface area contributed by atoms with Crippen molar-refractivity contribution in [3.05, 3.63) is 11.4 Å². The molecule has 1 saturated heterocycles. The zero-order chi connectivity index (χ0) is 12.6. The summed E-state index contributed by atoms with van der Waals surface area (Å²) in [7, 11) is -3.53.